The van der Waals surface area contributed by atoms with Crippen molar-refractivity contribution in [2.24, 2.45) is 17.6 Å². The van der Waals surface area contributed by atoms with Crippen LogP contribution in [0.5, 0.6) is 5.75 Å². The number of rotatable bonds is 7. The van der Waals surface area contributed by atoms with E-state index < -0.39 is 58.0 Å². The summed E-state index contributed by atoms with van der Waals surface area (Å²) in [6, 6.07) is 0.698. The third-order valence-corrected chi connectivity index (χ3v) is 8.21. The average Bonchev–Trinajstić information content (AvgIpc) is 2.85. The Labute approximate surface area is 231 Å². The van der Waals surface area contributed by atoms with Crippen LogP contribution < -0.4 is 11.1 Å². The maximum atomic E-state index is 13.9. The number of nitrogens with two attached hydrogens (primary N) is 1. The lowest BCUT2D eigenvalue weighted by Gasteiger charge is -2.50. The van der Waals surface area contributed by atoms with Crippen LogP contribution in [0.2, 0.25) is 0 Å². The maximum Gasteiger partial charge on any atom is 0.255 e. The van der Waals surface area contributed by atoms with Crippen molar-refractivity contribution < 1.29 is 39.6 Å². The van der Waals surface area contributed by atoms with E-state index in [4.69, 9.17) is 5.73 Å². The summed E-state index contributed by atoms with van der Waals surface area (Å²) in [4.78, 5) is 54.9. The normalized spacial score (nSPS) is 26.1. The fourth-order valence-electron chi connectivity index (χ4n) is 6.44. The SMILES string of the molecule is CCc1cc(CNC(=O)CN(C)C)c(O)c2c1C[C@H]1C[C@H]3[C@@H](N(C)C)C(O)=C(C(N)=O)C(=O)[C@@]3(O)C(O)=C1C2=O. The van der Waals surface area contributed by atoms with Crippen LogP contribution in [0.25, 0.3) is 0 Å². The number of fused-ring (bicyclic) bond motifs is 3. The van der Waals surface area contributed by atoms with Crippen molar-refractivity contribution in [3.63, 3.8) is 0 Å². The number of hydrogen-bond donors (Lipinski definition) is 6. The summed E-state index contributed by atoms with van der Waals surface area (Å²) in [7, 11) is 6.65. The number of phenolic OH excluding ortho intramolecular Hbond substituents is 1. The molecule has 0 fully saturated rings. The van der Waals surface area contributed by atoms with E-state index in [1.165, 1.54) is 4.90 Å². The molecule has 0 spiro atoms. The highest BCUT2D eigenvalue weighted by Crippen LogP contribution is 2.52. The molecule has 0 saturated heterocycles. The van der Waals surface area contributed by atoms with Crippen LogP contribution in [0.4, 0.5) is 0 Å². The molecule has 2 amide bonds. The number of aliphatic hydroxyl groups is 3. The van der Waals surface area contributed by atoms with Crippen molar-refractivity contribution in [3.8, 4) is 5.75 Å². The van der Waals surface area contributed by atoms with Crippen LogP contribution in [-0.2, 0) is 33.8 Å². The summed E-state index contributed by atoms with van der Waals surface area (Å²) in [5, 5.41) is 47.9. The van der Waals surface area contributed by atoms with Crippen LogP contribution in [0, 0.1) is 11.8 Å². The van der Waals surface area contributed by atoms with Crippen molar-refractivity contribution in [2.45, 2.75) is 44.4 Å². The summed E-state index contributed by atoms with van der Waals surface area (Å²) in [5.74, 6) is -7.17. The summed E-state index contributed by atoms with van der Waals surface area (Å²) in [6.45, 7) is 1.98. The molecule has 216 valence electrons. The molecule has 12 nitrogen and oxygen atoms in total. The Hall–Kier alpha value is -3.74. The summed E-state index contributed by atoms with van der Waals surface area (Å²) in [6.07, 6.45) is 0.764. The zero-order valence-corrected chi connectivity index (χ0v) is 23.2. The smallest absolute Gasteiger partial charge is 0.255 e. The van der Waals surface area contributed by atoms with Crippen molar-refractivity contribution in [1.82, 2.24) is 15.1 Å². The molecule has 0 aromatic heterocycles. The molecule has 0 heterocycles. The molecular weight excluding hydrogens is 520 g/mol. The van der Waals surface area contributed by atoms with Gasteiger partial charge in [-0.15, -0.1) is 0 Å². The number of likely N-dealkylation sites (N-methyl/N-ethyl adjacent to an activating group) is 2. The molecule has 0 unspecified atom stereocenters. The molecule has 3 aliphatic carbocycles. The van der Waals surface area contributed by atoms with Crippen molar-refractivity contribution in [1.29, 1.82) is 0 Å². The second kappa shape index (κ2) is 10.3. The number of carbonyl (C=O) groups is 4. The van der Waals surface area contributed by atoms with Gasteiger partial charge < -0.3 is 36.4 Å². The number of aryl methyl sites for hydroxylation is 1. The van der Waals surface area contributed by atoms with Gasteiger partial charge in [0.15, 0.2) is 11.4 Å². The summed E-state index contributed by atoms with van der Waals surface area (Å²) in [5.41, 5.74) is 3.23. The minimum atomic E-state index is -2.69. The quantitative estimate of drug-likeness (QED) is 0.246. The molecule has 0 aliphatic heterocycles. The van der Waals surface area contributed by atoms with E-state index in [9.17, 15) is 39.6 Å². The molecular formula is C28H36N4O8. The number of nitrogens with zero attached hydrogens (tertiary/aromatic N) is 2. The van der Waals surface area contributed by atoms with E-state index >= 15 is 0 Å². The fourth-order valence-corrected chi connectivity index (χ4v) is 6.44. The van der Waals surface area contributed by atoms with Gasteiger partial charge in [-0.3, -0.25) is 24.1 Å². The Morgan fingerprint density at radius 1 is 1.12 bits per heavy atom. The standard InChI is InChI=1S/C28H36N4O8/c1-6-12-7-14(10-30-17(33)11-31(2)3)22(34)19-15(12)8-13-9-16-21(32(4)5)24(36)20(27(29)39)26(38)28(16,40)25(37)18(13)23(19)35/h7,13,16,21,34,36-37,40H,6,8-11H2,1-5H3,(H2,29,39)(H,30,33)/t13-,16-,21+,28-/m0/s1. The highest BCUT2D eigenvalue weighted by atomic mass is 16.3. The highest BCUT2D eigenvalue weighted by molar-refractivity contribution is 6.24. The second-order valence-corrected chi connectivity index (χ2v) is 11.2. The van der Waals surface area contributed by atoms with Crippen molar-refractivity contribution in [2.75, 3.05) is 34.7 Å². The monoisotopic (exact) mass is 556 g/mol. The first-order chi connectivity index (χ1) is 18.7. The number of amides is 2. The topological polar surface area (TPSA) is 194 Å². The molecule has 1 aromatic carbocycles. The number of aromatic hydroxyl groups is 1. The minimum Gasteiger partial charge on any atom is -0.510 e. The molecule has 0 radical (unpaired) electrons. The van der Waals surface area contributed by atoms with Gasteiger partial charge in [-0.2, -0.15) is 0 Å². The lowest BCUT2D eigenvalue weighted by atomic mass is 9.58. The van der Waals surface area contributed by atoms with Crippen molar-refractivity contribution in [3.05, 3.63) is 51.0 Å². The third kappa shape index (κ3) is 4.36. The second-order valence-electron chi connectivity index (χ2n) is 11.2. The number of carbonyl (C=O) groups excluding carboxylic acids is 4. The molecule has 7 N–H and O–H groups in total. The lowest BCUT2D eigenvalue weighted by Crippen LogP contribution is -2.63. The van der Waals surface area contributed by atoms with Gasteiger partial charge in [-0.25, -0.2) is 0 Å². The van der Waals surface area contributed by atoms with E-state index in [1.807, 2.05) is 6.92 Å². The fraction of sp³-hybridized carbons (Fsp3) is 0.500. The maximum absolute atomic E-state index is 13.9. The first kappa shape index (κ1) is 29.2. The average molecular weight is 557 g/mol. The molecule has 0 bridgehead atoms. The van der Waals surface area contributed by atoms with Crippen LogP contribution in [0.15, 0.2) is 28.7 Å². The molecule has 1 aromatic rings. The number of Topliss-reactive ketones (excluding diaryl/α,β-unsaturated/α-hetero) is 2. The molecule has 40 heavy (non-hydrogen) atoms. The number of nitrogens with one attached hydrogen (secondary N) is 1. The first-order valence-electron chi connectivity index (χ1n) is 13.1. The Morgan fingerprint density at radius 3 is 2.33 bits per heavy atom. The number of phenols is 1. The van der Waals surface area contributed by atoms with Crippen LogP contribution in [-0.4, -0.2) is 100.0 Å². The summed E-state index contributed by atoms with van der Waals surface area (Å²) < 4.78 is 0. The van der Waals surface area contributed by atoms with Crippen LogP contribution >= 0.6 is 0 Å². The van der Waals surface area contributed by atoms with Crippen LogP contribution in [0.1, 0.15) is 40.4 Å². The molecule has 4 atom stereocenters. The molecule has 0 saturated carbocycles. The number of benzene rings is 1. The van der Waals surface area contributed by atoms with E-state index in [2.05, 4.69) is 5.32 Å². The Balaban J connectivity index is 1.85. The van der Waals surface area contributed by atoms with E-state index in [-0.39, 0.29) is 48.7 Å². The van der Waals surface area contributed by atoms with Crippen LogP contribution in [0.3, 0.4) is 0 Å². The number of allylic oxidation sites excluding steroid dienone is 1. The van der Waals surface area contributed by atoms with E-state index in [1.54, 1.807) is 39.2 Å². The Kier molecular flexibility index (Phi) is 7.56. The zero-order chi connectivity index (χ0) is 29.8. The molecule has 4 rings (SSSR count). The Morgan fingerprint density at radius 2 is 1.77 bits per heavy atom. The number of aliphatic hydroxyl groups excluding tert-OH is 2. The number of ketones is 2. The Bertz CT molecular complexity index is 1380. The highest BCUT2D eigenvalue weighted by Gasteiger charge is 2.63. The van der Waals surface area contributed by atoms with Gasteiger partial charge in [0, 0.05) is 23.6 Å². The van der Waals surface area contributed by atoms with Gasteiger partial charge in [0.1, 0.15) is 22.8 Å². The van der Waals surface area contributed by atoms with Gasteiger partial charge >= 0.3 is 0 Å². The van der Waals surface area contributed by atoms with Gasteiger partial charge in [0.05, 0.1) is 18.2 Å². The zero-order valence-electron chi connectivity index (χ0n) is 23.2. The number of hydrogen-bond acceptors (Lipinski definition) is 10. The lowest BCUT2D eigenvalue weighted by molar-refractivity contribution is -0.148. The van der Waals surface area contributed by atoms with Gasteiger partial charge in [-0.1, -0.05) is 13.0 Å². The van der Waals surface area contributed by atoms with E-state index in [0.29, 0.717) is 17.5 Å². The minimum absolute atomic E-state index is 0.0258. The van der Waals surface area contributed by atoms with Gasteiger partial charge in [0.2, 0.25) is 11.7 Å². The first-order valence-corrected chi connectivity index (χ1v) is 13.1. The van der Waals surface area contributed by atoms with Crippen molar-refractivity contribution >= 4 is 23.4 Å². The predicted octanol–water partition coefficient (Wildman–Crippen LogP) is -0.139. The number of primary amides is 1. The summed E-state index contributed by atoms with van der Waals surface area (Å²) >= 11 is 0. The molecule has 3 aliphatic rings. The van der Waals surface area contributed by atoms with Gasteiger partial charge in [0.25, 0.3) is 5.91 Å². The van der Waals surface area contributed by atoms with E-state index in [0.717, 1.165) is 5.56 Å². The largest absolute Gasteiger partial charge is 0.510 e. The predicted molar refractivity (Wildman–Crippen MR) is 143 cm³/mol. The molecule has 12 heteroatoms. The third-order valence-electron chi connectivity index (χ3n) is 8.21. The van der Waals surface area contributed by atoms with Gasteiger partial charge in [-0.05, 0) is 64.5 Å².